The minimum absolute atomic E-state index is 0.411. The average Bonchev–Trinajstić information content (AvgIpc) is 2.75. The highest BCUT2D eigenvalue weighted by Gasteiger charge is 2.34. The smallest absolute Gasteiger partial charge is 0.214 e. The van der Waals surface area contributed by atoms with E-state index in [-0.39, 0.29) is 0 Å². The van der Waals surface area contributed by atoms with Crippen molar-refractivity contribution in [2.75, 3.05) is 11.9 Å². The number of halogens is 1. The van der Waals surface area contributed by atoms with Gasteiger partial charge in [-0.15, -0.1) is 0 Å². The molecule has 0 saturated heterocycles. The third-order valence-electron chi connectivity index (χ3n) is 3.90. The van der Waals surface area contributed by atoms with Crippen LogP contribution >= 0.6 is 0 Å². The van der Waals surface area contributed by atoms with Crippen LogP contribution in [0, 0.1) is 17.3 Å². The van der Waals surface area contributed by atoms with Crippen LogP contribution in [-0.2, 0) is 0 Å². The SMILES string of the molecule is CC(C)CC1(CNc2ccnc(F)c2)CCCC1. The van der Waals surface area contributed by atoms with E-state index in [2.05, 4.69) is 24.1 Å². The summed E-state index contributed by atoms with van der Waals surface area (Å²) >= 11 is 0. The minimum Gasteiger partial charge on any atom is -0.384 e. The first kappa shape index (κ1) is 13.3. The summed E-state index contributed by atoms with van der Waals surface area (Å²) in [5.74, 6) is 0.309. The lowest BCUT2D eigenvalue weighted by atomic mass is 9.78. The Kier molecular flexibility index (Phi) is 4.20. The lowest BCUT2D eigenvalue weighted by Gasteiger charge is -2.31. The van der Waals surface area contributed by atoms with Crippen molar-refractivity contribution in [3.8, 4) is 0 Å². The third kappa shape index (κ3) is 3.44. The molecule has 0 bridgehead atoms. The number of anilines is 1. The first-order valence-electron chi connectivity index (χ1n) is 6.95. The van der Waals surface area contributed by atoms with E-state index in [1.54, 1.807) is 0 Å². The Hall–Kier alpha value is -1.12. The largest absolute Gasteiger partial charge is 0.384 e. The van der Waals surface area contributed by atoms with Gasteiger partial charge in [0.1, 0.15) is 0 Å². The van der Waals surface area contributed by atoms with E-state index in [0.717, 1.165) is 18.2 Å². The summed E-state index contributed by atoms with van der Waals surface area (Å²) < 4.78 is 13.0. The first-order valence-corrected chi connectivity index (χ1v) is 6.95. The van der Waals surface area contributed by atoms with Crippen LogP contribution in [0.25, 0.3) is 0 Å². The van der Waals surface area contributed by atoms with Crippen molar-refractivity contribution in [1.82, 2.24) is 4.98 Å². The number of pyridine rings is 1. The van der Waals surface area contributed by atoms with Gasteiger partial charge in [0.2, 0.25) is 5.95 Å². The van der Waals surface area contributed by atoms with Crippen LogP contribution in [0.3, 0.4) is 0 Å². The molecule has 0 amide bonds. The Labute approximate surface area is 109 Å². The first-order chi connectivity index (χ1) is 8.60. The molecule has 1 N–H and O–H groups in total. The fourth-order valence-corrected chi connectivity index (χ4v) is 3.25. The normalized spacial score (nSPS) is 18.2. The minimum atomic E-state index is -0.413. The number of hydrogen-bond acceptors (Lipinski definition) is 2. The van der Waals surface area contributed by atoms with Gasteiger partial charge in [-0.1, -0.05) is 26.7 Å². The molecule has 0 unspecified atom stereocenters. The molecule has 3 heteroatoms. The maximum absolute atomic E-state index is 13.0. The van der Waals surface area contributed by atoms with Crippen LogP contribution in [0.5, 0.6) is 0 Å². The van der Waals surface area contributed by atoms with Crippen LogP contribution in [-0.4, -0.2) is 11.5 Å². The van der Waals surface area contributed by atoms with Crippen LogP contribution in [0.4, 0.5) is 10.1 Å². The third-order valence-corrected chi connectivity index (χ3v) is 3.90. The van der Waals surface area contributed by atoms with Gasteiger partial charge < -0.3 is 5.32 Å². The van der Waals surface area contributed by atoms with Gasteiger partial charge in [0.15, 0.2) is 0 Å². The zero-order chi connectivity index (χ0) is 13.0. The van der Waals surface area contributed by atoms with Crippen LogP contribution in [0.1, 0.15) is 46.0 Å². The second-order valence-electron chi connectivity index (χ2n) is 6.03. The van der Waals surface area contributed by atoms with E-state index in [4.69, 9.17) is 0 Å². The predicted octanol–water partition coefficient (Wildman–Crippen LogP) is 4.24. The molecule has 100 valence electrons. The van der Waals surface area contributed by atoms with Crippen molar-refractivity contribution < 1.29 is 4.39 Å². The summed E-state index contributed by atoms with van der Waals surface area (Å²) in [5, 5.41) is 3.39. The highest BCUT2D eigenvalue weighted by atomic mass is 19.1. The molecule has 0 radical (unpaired) electrons. The van der Waals surface area contributed by atoms with Crippen LogP contribution < -0.4 is 5.32 Å². The summed E-state index contributed by atoms with van der Waals surface area (Å²) in [5.41, 5.74) is 1.26. The van der Waals surface area contributed by atoms with Gasteiger partial charge in [0.05, 0.1) is 0 Å². The van der Waals surface area contributed by atoms with Crippen LogP contribution in [0.15, 0.2) is 18.3 Å². The van der Waals surface area contributed by atoms with E-state index in [1.165, 1.54) is 44.4 Å². The molecular weight excluding hydrogens is 227 g/mol. The molecule has 1 aromatic heterocycles. The Morgan fingerprint density at radius 1 is 1.39 bits per heavy atom. The molecule has 0 aliphatic heterocycles. The monoisotopic (exact) mass is 250 g/mol. The van der Waals surface area contributed by atoms with Gasteiger partial charge in [-0.25, -0.2) is 4.98 Å². The van der Waals surface area contributed by atoms with Crippen molar-refractivity contribution >= 4 is 5.69 Å². The summed E-state index contributed by atoms with van der Waals surface area (Å²) in [4.78, 5) is 3.58. The van der Waals surface area contributed by atoms with Gasteiger partial charge in [-0.2, -0.15) is 4.39 Å². The highest BCUT2D eigenvalue weighted by Crippen LogP contribution is 2.43. The number of nitrogens with zero attached hydrogens (tertiary/aromatic N) is 1. The summed E-state index contributed by atoms with van der Waals surface area (Å²) in [7, 11) is 0. The molecule has 1 saturated carbocycles. The van der Waals surface area contributed by atoms with Gasteiger partial charge in [0, 0.05) is 24.5 Å². The number of aromatic nitrogens is 1. The molecule has 1 fully saturated rings. The predicted molar refractivity (Wildman–Crippen MR) is 73.0 cm³/mol. The van der Waals surface area contributed by atoms with Crippen molar-refractivity contribution in [2.24, 2.45) is 11.3 Å². The molecule has 1 heterocycles. The average molecular weight is 250 g/mol. The second kappa shape index (κ2) is 5.68. The Bertz CT molecular complexity index is 384. The van der Waals surface area contributed by atoms with Crippen molar-refractivity contribution in [3.05, 3.63) is 24.3 Å². The molecule has 2 nitrogen and oxygen atoms in total. The maximum atomic E-state index is 13.0. The van der Waals surface area contributed by atoms with E-state index < -0.39 is 5.95 Å². The van der Waals surface area contributed by atoms with Gasteiger partial charge in [0.25, 0.3) is 0 Å². The molecule has 1 aliphatic rings. The Balaban J connectivity index is 1.97. The van der Waals surface area contributed by atoms with Crippen molar-refractivity contribution in [2.45, 2.75) is 46.0 Å². The molecule has 1 aliphatic carbocycles. The molecule has 0 atom stereocenters. The fourth-order valence-electron chi connectivity index (χ4n) is 3.25. The van der Waals surface area contributed by atoms with Crippen molar-refractivity contribution in [3.63, 3.8) is 0 Å². The van der Waals surface area contributed by atoms with E-state index in [1.807, 2.05) is 6.07 Å². The summed E-state index contributed by atoms with van der Waals surface area (Å²) in [6, 6.07) is 3.30. The Morgan fingerprint density at radius 2 is 2.11 bits per heavy atom. The van der Waals surface area contributed by atoms with E-state index in [0.29, 0.717) is 5.41 Å². The van der Waals surface area contributed by atoms with Gasteiger partial charge >= 0.3 is 0 Å². The van der Waals surface area contributed by atoms with Gasteiger partial charge in [-0.3, -0.25) is 0 Å². The summed E-state index contributed by atoms with van der Waals surface area (Å²) in [6.07, 6.45) is 8.03. The number of hydrogen-bond donors (Lipinski definition) is 1. The Morgan fingerprint density at radius 3 is 2.72 bits per heavy atom. The van der Waals surface area contributed by atoms with Crippen LogP contribution in [0.2, 0.25) is 0 Å². The standard InChI is InChI=1S/C15H23FN2/c1-12(2)10-15(6-3-4-7-15)11-18-13-5-8-17-14(16)9-13/h5,8-9,12H,3-4,6-7,10-11H2,1-2H3,(H,17,18). The topological polar surface area (TPSA) is 24.9 Å². The van der Waals surface area contributed by atoms with E-state index in [9.17, 15) is 4.39 Å². The number of rotatable bonds is 5. The molecule has 0 spiro atoms. The zero-order valence-electron chi connectivity index (χ0n) is 11.4. The molecular formula is C15H23FN2. The lowest BCUT2D eigenvalue weighted by molar-refractivity contribution is 0.252. The molecule has 2 rings (SSSR count). The molecule has 18 heavy (non-hydrogen) atoms. The number of nitrogens with one attached hydrogen (secondary N) is 1. The quantitative estimate of drug-likeness (QED) is 0.791. The highest BCUT2D eigenvalue weighted by molar-refractivity contribution is 5.41. The zero-order valence-corrected chi connectivity index (χ0v) is 11.4. The fraction of sp³-hybridized carbons (Fsp3) is 0.667. The summed E-state index contributed by atoms with van der Waals surface area (Å²) in [6.45, 7) is 5.52. The molecule has 0 aromatic carbocycles. The van der Waals surface area contributed by atoms with Gasteiger partial charge in [-0.05, 0) is 36.7 Å². The van der Waals surface area contributed by atoms with E-state index >= 15 is 0 Å². The lowest BCUT2D eigenvalue weighted by Crippen LogP contribution is -2.28. The van der Waals surface area contributed by atoms with Crippen molar-refractivity contribution in [1.29, 1.82) is 0 Å². The maximum Gasteiger partial charge on any atom is 0.214 e. The molecule has 1 aromatic rings. The second-order valence-corrected chi connectivity index (χ2v) is 6.03.